The Labute approximate surface area is 295 Å². The van der Waals surface area contributed by atoms with E-state index < -0.39 is 12.4 Å². The van der Waals surface area contributed by atoms with E-state index in [1.54, 1.807) is 42.5 Å². The Bertz CT molecular complexity index is 1890. The molecule has 2 fully saturated rings. The molecule has 2 atom stereocenters. The molecule has 0 aliphatic carbocycles. The zero-order chi connectivity index (χ0) is 35.2. The number of amides is 2. The Kier molecular flexibility index (Phi) is 11.3. The van der Waals surface area contributed by atoms with E-state index in [0.717, 1.165) is 6.42 Å². The average Bonchev–Trinajstić information content (AvgIpc) is 3.71. The van der Waals surface area contributed by atoms with Crippen LogP contribution in [0, 0.1) is 5.82 Å². The molecule has 1 aromatic carbocycles. The summed E-state index contributed by atoms with van der Waals surface area (Å²) >= 11 is 13.7. The van der Waals surface area contributed by atoms with Crippen LogP contribution in [0.2, 0.25) is 10.0 Å². The predicted octanol–water partition coefficient (Wildman–Crippen LogP) is 5.73. The smallest absolute Gasteiger partial charge is 0.388 e. The van der Waals surface area contributed by atoms with Crippen LogP contribution in [-0.4, -0.2) is 58.6 Å². The maximum atomic E-state index is 15.5. The summed E-state index contributed by atoms with van der Waals surface area (Å²) < 4.78 is 47.0. The number of hydrogen-bond acceptors (Lipinski definition) is 9. The van der Waals surface area contributed by atoms with Gasteiger partial charge in [0.05, 0.1) is 27.1 Å². The van der Waals surface area contributed by atoms with Crippen LogP contribution in [0.5, 0.6) is 5.88 Å². The van der Waals surface area contributed by atoms with Crippen LogP contribution in [0.15, 0.2) is 54.9 Å². The van der Waals surface area contributed by atoms with Gasteiger partial charge in [0.15, 0.2) is 11.6 Å². The van der Waals surface area contributed by atoms with Gasteiger partial charge in [-0.3, -0.25) is 14.6 Å². The van der Waals surface area contributed by atoms with Crippen LogP contribution >= 0.6 is 23.2 Å². The molecule has 2 saturated heterocycles. The first kappa shape index (κ1) is 35.3. The molecule has 16 heteroatoms. The fourth-order valence-corrected chi connectivity index (χ4v) is 6.41. The highest BCUT2D eigenvalue weighted by Crippen LogP contribution is 2.41. The second-order valence-corrected chi connectivity index (χ2v) is 12.6. The highest BCUT2D eigenvalue weighted by Gasteiger charge is 2.23. The number of ether oxygens (including phenoxy) is 1. The Morgan fingerprint density at radius 2 is 1.52 bits per heavy atom. The first-order valence-electron chi connectivity index (χ1n) is 15.9. The topological polar surface area (TPSA) is 142 Å². The zero-order valence-electron chi connectivity index (χ0n) is 26.5. The minimum Gasteiger partial charge on any atom is -0.417 e. The van der Waals surface area contributed by atoms with Crippen molar-refractivity contribution >= 4 is 46.5 Å². The third-order valence-electron chi connectivity index (χ3n) is 8.36. The van der Waals surface area contributed by atoms with Crippen LogP contribution in [-0.2, 0) is 22.7 Å². The molecule has 2 aliphatic heterocycles. The number of carbonyl (C=O) groups excluding carboxylic acids is 2. The van der Waals surface area contributed by atoms with Gasteiger partial charge in [0.25, 0.3) is 0 Å². The lowest BCUT2D eigenvalue weighted by Crippen LogP contribution is -2.35. The second-order valence-electron chi connectivity index (χ2n) is 11.9. The lowest BCUT2D eigenvalue weighted by molar-refractivity contribution is -0.120. The van der Waals surface area contributed by atoms with E-state index in [2.05, 4.69) is 41.5 Å². The van der Waals surface area contributed by atoms with Gasteiger partial charge in [-0.2, -0.15) is 8.78 Å². The Balaban J connectivity index is 1.19. The molecule has 6 rings (SSSR count). The molecular formula is C34H33Cl2F3N8O3. The van der Waals surface area contributed by atoms with Crippen molar-refractivity contribution in [2.45, 2.75) is 57.5 Å². The monoisotopic (exact) mass is 728 g/mol. The number of hydrogen-bond donors (Lipinski definition) is 5. The fraction of sp³-hybridized carbons (Fsp3) is 0.324. The van der Waals surface area contributed by atoms with Gasteiger partial charge >= 0.3 is 6.61 Å². The number of rotatable bonds is 14. The van der Waals surface area contributed by atoms with E-state index in [9.17, 15) is 18.4 Å². The summed E-state index contributed by atoms with van der Waals surface area (Å²) in [6.45, 7) is -1.73. The van der Waals surface area contributed by atoms with Gasteiger partial charge in [-0.25, -0.2) is 14.4 Å². The predicted molar refractivity (Wildman–Crippen MR) is 183 cm³/mol. The maximum absolute atomic E-state index is 15.5. The van der Waals surface area contributed by atoms with E-state index in [1.165, 1.54) is 12.4 Å². The molecule has 4 aromatic rings. The SMILES string of the molecule is O=C1CCC(CNCc2ccc(-c3ccnc(-c4cccc(Nc5nccc(CNCC6CCC(=O)N6)c5F)c4Cl)c3Cl)nc2OC(F)F)N1. The molecular weight excluding hydrogens is 696 g/mol. The van der Waals surface area contributed by atoms with E-state index in [0.29, 0.717) is 60.3 Å². The third kappa shape index (κ3) is 8.44. The quantitative estimate of drug-likeness (QED) is 0.110. The number of halogens is 5. The van der Waals surface area contributed by atoms with Crippen molar-refractivity contribution in [2.24, 2.45) is 0 Å². The summed E-state index contributed by atoms with van der Waals surface area (Å²) in [7, 11) is 0. The number of pyridine rings is 3. The molecule has 5 N–H and O–H groups in total. The summed E-state index contributed by atoms with van der Waals surface area (Å²) in [5, 5.41) is 15.4. The molecule has 2 aliphatic rings. The minimum absolute atomic E-state index is 0.00905. The molecule has 50 heavy (non-hydrogen) atoms. The van der Waals surface area contributed by atoms with Gasteiger partial charge in [0, 0.05) is 85.8 Å². The molecule has 3 aromatic heterocycles. The third-order valence-corrected chi connectivity index (χ3v) is 9.15. The van der Waals surface area contributed by atoms with Crippen molar-refractivity contribution < 1.29 is 27.5 Å². The molecule has 0 bridgehead atoms. The van der Waals surface area contributed by atoms with Gasteiger partial charge in [0.2, 0.25) is 17.7 Å². The van der Waals surface area contributed by atoms with E-state index >= 15 is 4.39 Å². The maximum Gasteiger partial charge on any atom is 0.388 e. The standard InChI is InChI=1S/C34H33Cl2F3N8O3/c35-28-23(2-1-3-25(28)46-32-30(37)18(10-12-43-32)14-40-16-20-5-8-26(48)44-20)31-29(36)22(11-13-42-31)24-7-4-19(33(47-24)50-34(38)39)15-41-17-21-6-9-27(49)45-21/h1-4,7,10-13,20-21,34,40-41H,5-6,8-9,14-17H2,(H,43,46)(H,44,48)(H,45,49). The van der Waals surface area contributed by atoms with Crippen molar-refractivity contribution in [1.29, 1.82) is 0 Å². The first-order chi connectivity index (χ1) is 24.2. The number of nitrogens with zero attached hydrogens (tertiary/aromatic N) is 3. The number of alkyl halides is 2. The normalized spacial score (nSPS) is 17.2. The lowest BCUT2D eigenvalue weighted by atomic mass is 10.1. The van der Waals surface area contributed by atoms with Gasteiger partial charge in [-0.05, 0) is 37.1 Å². The molecule has 2 unspecified atom stereocenters. The van der Waals surface area contributed by atoms with E-state index in [4.69, 9.17) is 27.9 Å². The Hall–Kier alpha value is -4.50. The van der Waals surface area contributed by atoms with Crippen molar-refractivity contribution in [3.8, 4) is 28.4 Å². The molecule has 11 nitrogen and oxygen atoms in total. The molecule has 5 heterocycles. The molecule has 0 saturated carbocycles. The van der Waals surface area contributed by atoms with Crippen LogP contribution in [0.4, 0.5) is 24.7 Å². The van der Waals surface area contributed by atoms with E-state index in [-0.39, 0.29) is 70.1 Å². The van der Waals surface area contributed by atoms with Crippen LogP contribution < -0.4 is 31.3 Å². The minimum atomic E-state index is -3.11. The highest BCUT2D eigenvalue weighted by molar-refractivity contribution is 6.39. The number of anilines is 2. The summed E-state index contributed by atoms with van der Waals surface area (Å²) in [6, 6.07) is 11.4. The van der Waals surface area contributed by atoms with Gasteiger partial charge in [0.1, 0.15) is 0 Å². The first-order valence-corrected chi connectivity index (χ1v) is 16.7. The van der Waals surface area contributed by atoms with E-state index in [1.807, 2.05) is 0 Å². The lowest BCUT2D eigenvalue weighted by Gasteiger charge is -2.16. The van der Waals surface area contributed by atoms with Gasteiger partial charge in [-0.15, -0.1) is 0 Å². The summed E-state index contributed by atoms with van der Waals surface area (Å²) in [4.78, 5) is 35.9. The average molecular weight is 730 g/mol. The molecule has 262 valence electrons. The molecule has 2 amide bonds. The number of nitrogens with one attached hydrogen (secondary N) is 5. The van der Waals surface area contributed by atoms with Crippen molar-refractivity contribution in [3.63, 3.8) is 0 Å². The zero-order valence-corrected chi connectivity index (χ0v) is 28.1. The van der Waals surface area contributed by atoms with Crippen molar-refractivity contribution in [3.05, 3.63) is 81.8 Å². The number of aromatic nitrogens is 3. The van der Waals surface area contributed by atoms with Crippen LogP contribution in [0.3, 0.4) is 0 Å². The van der Waals surface area contributed by atoms with Crippen LogP contribution in [0.25, 0.3) is 22.5 Å². The largest absolute Gasteiger partial charge is 0.417 e. The number of benzene rings is 1. The second kappa shape index (κ2) is 16.0. The highest BCUT2D eigenvalue weighted by atomic mass is 35.5. The molecule has 0 spiro atoms. The van der Waals surface area contributed by atoms with Gasteiger partial charge in [-0.1, -0.05) is 41.4 Å². The van der Waals surface area contributed by atoms with Crippen molar-refractivity contribution in [1.82, 2.24) is 36.2 Å². The van der Waals surface area contributed by atoms with Crippen LogP contribution in [0.1, 0.15) is 36.8 Å². The summed E-state index contributed by atoms with van der Waals surface area (Å²) in [5.41, 5.74) is 2.48. The molecule has 0 radical (unpaired) electrons. The summed E-state index contributed by atoms with van der Waals surface area (Å²) in [5.74, 6) is -0.874. The van der Waals surface area contributed by atoms with Gasteiger partial charge < -0.3 is 31.3 Å². The number of carbonyl (C=O) groups is 2. The Morgan fingerprint density at radius 1 is 0.840 bits per heavy atom. The fourth-order valence-electron chi connectivity index (χ4n) is 5.84. The Morgan fingerprint density at radius 3 is 2.18 bits per heavy atom. The van der Waals surface area contributed by atoms with Crippen molar-refractivity contribution in [2.75, 3.05) is 18.4 Å². The summed E-state index contributed by atoms with van der Waals surface area (Å²) in [6.07, 6.45) is 5.33.